The minimum atomic E-state index is -4.31. The number of rotatable bonds is 8. The van der Waals surface area contributed by atoms with Crippen molar-refractivity contribution in [3.05, 3.63) is 58.7 Å². The average molecular weight is 498 g/mol. The molecule has 2 aromatic rings. The van der Waals surface area contributed by atoms with Crippen LogP contribution in [0.1, 0.15) is 41.4 Å². The number of ketones is 6. The first-order chi connectivity index (χ1) is 16.5. The Bertz CT molecular complexity index is 1350. The average Bonchev–Trinajstić information content (AvgIpc) is 3.23. The molecule has 0 bridgehead atoms. The Labute approximate surface area is 199 Å². The van der Waals surface area contributed by atoms with E-state index < -0.39 is 69.6 Å². The molecule has 0 amide bonds. The predicted octanol–water partition coefficient (Wildman–Crippen LogP) is 0.941. The molecule has 2 unspecified atom stereocenters. The van der Waals surface area contributed by atoms with Gasteiger partial charge in [-0.2, -0.15) is 0 Å². The number of methoxy groups -OCH3 is 2. The minimum absolute atomic E-state index is 0.0716. The van der Waals surface area contributed by atoms with Gasteiger partial charge in [0.15, 0.2) is 34.7 Å². The fraction of sp³-hybridized carbons (Fsp3) is 0.250. The van der Waals surface area contributed by atoms with Crippen LogP contribution in [-0.4, -0.2) is 70.6 Å². The molecular weight excluding hydrogens is 480 g/mol. The van der Waals surface area contributed by atoms with E-state index >= 15 is 0 Å². The van der Waals surface area contributed by atoms with E-state index in [1.54, 1.807) is 0 Å². The van der Waals surface area contributed by atoms with Crippen LogP contribution in [-0.2, 0) is 28.9 Å². The van der Waals surface area contributed by atoms with Crippen LogP contribution in [0, 0.1) is 11.8 Å². The van der Waals surface area contributed by atoms with Gasteiger partial charge in [-0.15, -0.1) is 0 Å². The molecule has 4 rings (SSSR count). The van der Waals surface area contributed by atoms with Gasteiger partial charge in [0.25, 0.3) is 0 Å². The smallest absolute Gasteiger partial charge is 0.206 e. The molecule has 0 N–H and O–H groups in total. The Hall–Kier alpha value is -3.67. The number of carbonyl (C=O) groups excluding carboxylic acids is 6. The highest BCUT2D eigenvalue weighted by atomic mass is 32.2. The molecule has 2 atom stereocenters. The van der Waals surface area contributed by atoms with E-state index in [9.17, 15) is 37.2 Å². The Balaban J connectivity index is 1.71. The maximum atomic E-state index is 13.3. The lowest BCUT2D eigenvalue weighted by Gasteiger charge is -2.07. The van der Waals surface area contributed by atoms with Crippen molar-refractivity contribution in [3.63, 3.8) is 0 Å². The first kappa shape index (κ1) is 24.5. The zero-order chi connectivity index (χ0) is 25.7. The van der Waals surface area contributed by atoms with Crippen LogP contribution in [0.4, 0.5) is 0 Å². The molecule has 10 nitrogen and oxygen atoms in total. The lowest BCUT2D eigenvalue weighted by Crippen LogP contribution is -2.28. The monoisotopic (exact) mass is 498 g/mol. The molecule has 0 aromatic heterocycles. The van der Waals surface area contributed by atoms with Gasteiger partial charge in [0.05, 0.1) is 9.79 Å². The summed E-state index contributed by atoms with van der Waals surface area (Å²) in [4.78, 5) is 74.1. The highest BCUT2D eigenvalue weighted by Gasteiger charge is 2.45. The largest absolute Gasteiger partial charge is 0.377 e. The van der Waals surface area contributed by atoms with Crippen molar-refractivity contribution in [2.24, 2.45) is 11.8 Å². The number of hydrogen-bond acceptors (Lipinski definition) is 10. The van der Waals surface area contributed by atoms with Gasteiger partial charge in [-0.3, -0.25) is 28.8 Å². The standard InChI is InChI=1S/C24H18O10S/c1-33-9-17(25)19-21(27)13-5-3-11(7-15(13)23(19)29)35(31,32)12-4-6-14-16(8-12)24(30)20(22(14)28)18(26)10-34-2/h3-8,19-20H,9-10H2,1-2H3. The fourth-order valence-electron chi connectivity index (χ4n) is 4.25. The molecule has 0 fully saturated rings. The van der Waals surface area contributed by atoms with Crippen molar-refractivity contribution in [2.45, 2.75) is 9.79 Å². The zero-order valence-corrected chi connectivity index (χ0v) is 19.3. The Morgan fingerprint density at radius 1 is 0.657 bits per heavy atom. The van der Waals surface area contributed by atoms with Crippen LogP contribution in [0.2, 0.25) is 0 Å². The summed E-state index contributed by atoms with van der Waals surface area (Å²) in [5.74, 6) is -7.75. The molecule has 11 heteroatoms. The van der Waals surface area contributed by atoms with E-state index in [0.717, 1.165) is 36.4 Å². The van der Waals surface area contributed by atoms with Crippen molar-refractivity contribution in [2.75, 3.05) is 27.4 Å². The van der Waals surface area contributed by atoms with Gasteiger partial charge in [-0.1, -0.05) is 0 Å². The van der Waals surface area contributed by atoms with E-state index in [4.69, 9.17) is 9.47 Å². The Kier molecular flexibility index (Phi) is 6.18. The van der Waals surface area contributed by atoms with E-state index in [-0.39, 0.29) is 32.0 Å². The fourth-order valence-corrected chi connectivity index (χ4v) is 5.56. The second-order valence-electron chi connectivity index (χ2n) is 8.04. The van der Waals surface area contributed by atoms with Crippen molar-refractivity contribution in [1.82, 2.24) is 0 Å². The summed E-state index contributed by atoms with van der Waals surface area (Å²) in [5, 5.41) is 0. The van der Waals surface area contributed by atoms with Gasteiger partial charge in [-0.25, -0.2) is 8.42 Å². The molecule has 0 heterocycles. The molecule has 2 aromatic carbocycles. The summed E-state index contributed by atoms with van der Waals surface area (Å²) in [5.41, 5.74) is -0.554. The molecule has 35 heavy (non-hydrogen) atoms. The Morgan fingerprint density at radius 2 is 1.00 bits per heavy atom. The van der Waals surface area contributed by atoms with Crippen LogP contribution in [0.3, 0.4) is 0 Å². The van der Waals surface area contributed by atoms with Crippen LogP contribution in [0.15, 0.2) is 46.2 Å². The number of ether oxygens (including phenoxy) is 2. The third-order valence-electron chi connectivity index (χ3n) is 5.93. The van der Waals surface area contributed by atoms with E-state index in [1.165, 1.54) is 14.2 Å². The van der Waals surface area contributed by atoms with E-state index in [1.807, 2.05) is 0 Å². The maximum absolute atomic E-state index is 13.3. The molecule has 0 radical (unpaired) electrons. The molecular formula is C24H18O10S. The highest BCUT2D eigenvalue weighted by molar-refractivity contribution is 7.91. The van der Waals surface area contributed by atoms with Crippen LogP contribution >= 0.6 is 0 Å². The second kappa shape index (κ2) is 8.84. The summed E-state index contributed by atoms with van der Waals surface area (Å²) in [6.45, 7) is -0.895. The molecule has 2 aliphatic carbocycles. The predicted molar refractivity (Wildman–Crippen MR) is 116 cm³/mol. The van der Waals surface area contributed by atoms with Gasteiger partial charge in [0.1, 0.15) is 25.0 Å². The molecule has 2 aliphatic rings. The third kappa shape index (κ3) is 3.77. The topological polar surface area (TPSA) is 155 Å². The van der Waals surface area contributed by atoms with Gasteiger partial charge in [-0.05, 0) is 36.4 Å². The minimum Gasteiger partial charge on any atom is -0.377 e. The number of benzene rings is 2. The Morgan fingerprint density at radius 3 is 1.34 bits per heavy atom. The quantitative estimate of drug-likeness (QED) is 0.480. The summed E-state index contributed by atoms with van der Waals surface area (Å²) in [7, 11) is -1.83. The summed E-state index contributed by atoms with van der Waals surface area (Å²) < 4.78 is 36.0. The summed E-state index contributed by atoms with van der Waals surface area (Å²) in [6, 6.07) is 6.57. The molecule has 0 spiro atoms. The zero-order valence-electron chi connectivity index (χ0n) is 18.5. The van der Waals surface area contributed by atoms with Gasteiger partial charge in [0.2, 0.25) is 9.84 Å². The van der Waals surface area contributed by atoms with Crippen molar-refractivity contribution in [3.8, 4) is 0 Å². The van der Waals surface area contributed by atoms with Crippen LogP contribution < -0.4 is 0 Å². The van der Waals surface area contributed by atoms with Gasteiger partial charge < -0.3 is 9.47 Å². The molecule has 180 valence electrons. The first-order valence-electron chi connectivity index (χ1n) is 10.3. The van der Waals surface area contributed by atoms with E-state index in [2.05, 4.69) is 0 Å². The van der Waals surface area contributed by atoms with Crippen molar-refractivity contribution < 1.29 is 46.7 Å². The number of hydrogen-bond donors (Lipinski definition) is 0. The molecule has 0 saturated carbocycles. The highest BCUT2D eigenvalue weighted by Crippen LogP contribution is 2.34. The number of Topliss-reactive ketones (excluding diaryl/α,β-unsaturated/α-hetero) is 6. The summed E-state index contributed by atoms with van der Waals surface area (Å²) in [6.07, 6.45) is 0. The lowest BCUT2D eigenvalue weighted by molar-refractivity contribution is -0.124. The SMILES string of the molecule is COCC(=O)C1C(=O)c2ccc(S(=O)(=O)c3ccc4c(c3)C(=O)C(C(=O)COC)C4=O)cc2C1=O. The first-order valence-corrected chi connectivity index (χ1v) is 11.8. The van der Waals surface area contributed by atoms with Crippen molar-refractivity contribution >= 4 is 44.5 Å². The van der Waals surface area contributed by atoms with Gasteiger partial charge >= 0.3 is 0 Å². The normalized spacial score (nSPS) is 19.1. The van der Waals surface area contributed by atoms with Crippen LogP contribution in [0.25, 0.3) is 0 Å². The number of carbonyl (C=O) groups is 6. The van der Waals surface area contributed by atoms with Crippen LogP contribution in [0.5, 0.6) is 0 Å². The third-order valence-corrected chi connectivity index (χ3v) is 7.68. The van der Waals surface area contributed by atoms with Crippen molar-refractivity contribution in [1.29, 1.82) is 0 Å². The maximum Gasteiger partial charge on any atom is 0.206 e. The lowest BCUT2D eigenvalue weighted by atomic mass is 9.99. The molecule has 0 aliphatic heterocycles. The van der Waals surface area contributed by atoms with Gasteiger partial charge in [0, 0.05) is 36.5 Å². The number of sulfone groups is 1. The summed E-state index contributed by atoms with van der Waals surface area (Å²) >= 11 is 0. The second-order valence-corrected chi connectivity index (χ2v) is 9.99. The molecule has 0 saturated heterocycles. The number of fused-ring (bicyclic) bond motifs is 2. The van der Waals surface area contributed by atoms with E-state index in [0.29, 0.717) is 0 Å².